The highest BCUT2D eigenvalue weighted by Gasteiger charge is 2.10. The van der Waals surface area contributed by atoms with Gasteiger partial charge >= 0.3 is 5.97 Å². The van der Waals surface area contributed by atoms with Gasteiger partial charge in [0.05, 0.1) is 17.6 Å². The number of hydrogen-bond acceptors (Lipinski definition) is 6. The number of nitrogens with zero attached hydrogens (tertiary/aromatic N) is 1. The van der Waals surface area contributed by atoms with Gasteiger partial charge in [-0.2, -0.15) is 0 Å². The molecule has 152 valence electrons. The van der Waals surface area contributed by atoms with E-state index in [1.807, 2.05) is 36.4 Å². The smallest absolute Gasteiger partial charge is 0.335 e. The number of carboxylic acid groups (broad SMARTS) is 1. The molecule has 0 saturated heterocycles. The van der Waals surface area contributed by atoms with Crippen molar-refractivity contribution in [2.24, 2.45) is 0 Å². The van der Waals surface area contributed by atoms with Gasteiger partial charge in [-0.1, -0.05) is 42.1 Å². The first-order valence-corrected chi connectivity index (χ1v) is 11.1. The van der Waals surface area contributed by atoms with Crippen molar-refractivity contribution in [3.05, 3.63) is 76.6 Å². The summed E-state index contributed by atoms with van der Waals surface area (Å²) < 4.78 is 5.63. The molecule has 0 spiro atoms. The first kappa shape index (κ1) is 20.2. The van der Waals surface area contributed by atoms with Gasteiger partial charge in [0.1, 0.15) is 10.6 Å². The van der Waals surface area contributed by atoms with Gasteiger partial charge in [-0.05, 0) is 42.3 Å². The first-order chi connectivity index (χ1) is 14.6. The van der Waals surface area contributed by atoms with Crippen molar-refractivity contribution in [1.82, 2.24) is 9.97 Å². The van der Waals surface area contributed by atoms with Gasteiger partial charge in [0, 0.05) is 10.6 Å². The van der Waals surface area contributed by atoms with Crippen LogP contribution in [0.5, 0.6) is 5.75 Å². The molecule has 4 rings (SSSR count). The first-order valence-electron chi connectivity index (χ1n) is 9.28. The standard InChI is InChI=1S/C22H18N2O4S2/c25-19-17-13-18(14-5-2-1-3-6-14)30-20(17)24-22(23-19)29-12-4-11-28-16-9-7-15(8-10-16)21(26)27/h1-3,5-10,13H,4,11-12H2,(H,26,27)(H,23,24,25). The van der Waals surface area contributed by atoms with Crippen molar-refractivity contribution < 1.29 is 14.6 Å². The van der Waals surface area contributed by atoms with Crippen molar-refractivity contribution in [2.75, 3.05) is 12.4 Å². The van der Waals surface area contributed by atoms with E-state index in [-0.39, 0.29) is 11.1 Å². The number of fused-ring (bicyclic) bond motifs is 1. The largest absolute Gasteiger partial charge is 0.494 e. The second-order valence-electron chi connectivity index (χ2n) is 6.45. The maximum Gasteiger partial charge on any atom is 0.335 e. The van der Waals surface area contributed by atoms with Crippen LogP contribution in [0.1, 0.15) is 16.8 Å². The minimum atomic E-state index is -0.960. The van der Waals surface area contributed by atoms with Crippen LogP contribution in [0, 0.1) is 0 Å². The molecule has 6 nitrogen and oxygen atoms in total. The van der Waals surface area contributed by atoms with Gasteiger partial charge in [0.15, 0.2) is 5.16 Å². The SMILES string of the molecule is O=C(O)c1ccc(OCCCSc2nc3sc(-c4ccccc4)cc3c(=O)[nH]2)cc1. The van der Waals surface area contributed by atoms with E-state index in [1.165, 1.54) is 35.2 Å². The highest BCUT2D eigenvalue weighted by Crippen LogP contribution is 2.31. The number of carboxylic acids is 1. The third-order valence-electron chi connectivity index (χ3n) is 4.34. The lowest BCUT2D eigenvalue weighted by molar-refractivity contribution is 0.0697. The van der Waals surface area contributed by atoms with Gasteiger partial charge in [-0.25, -0.2) is 9.78 Å². The number of thioether (sulfide) groups is 1. The molecule has 2 heterocycles. The molecule has 0 unspecified atom stereocenters. The van der Waals surface area contributed by atoms with Crippen LogP contribution >= 0.6 is 23.1 Å². The van der Waals surface area contributed by atoms with Crippen LogP contribution in [-0.4, -0.2) is 33.4 Å². The fourth-order valence-corrected chi connectivity index (χ4v) is 4.71. The number of hydrogen-bond donors (Lipinski definition) is 2. The fourth-order valence-electron chi connectivity index (χ4n) is 2.84. The summed E-state index contributed by atoms with van der Waals surface area (Å²) in [6, 6.07) is 18.2. The zero-order chi connectivity index (χ0) is 20.9. The van der Waals surface area contributed by atoms with Crippen molar-refractivity contribution in [3.63, 3.8) is 0 Å². The van der Waals surface area contributed by atoms with Crippen LogP contribution in [-0.2, 0) is 0 Å². The second kappa shape index (κ2) is 9.15. The molecule has 2 aromatic carbocycles. The summed E-state index contributed by atoms with van der Waals surface area (Å²) in [4.78, 5) is 32.5. The van der Waals surface area contributed by atoms with E-state index in [9.17, 15) is 9.59 Å². The zero-order valence-corrected chi connectivity index (χ0v) is 17.5. The van der Waals surface area contributed by atoms with Crippen molar-refractivity contribution in [1.29, 1.82) is 0 Å². The average Bonchev–Trinajstić information content (AvgIpc) is 3.19. The Bertz CT molecular complexity index is 1220. The molecule has 0 aliphatic carbocycles. The number of ether oxygens (including phenoxy) is 1. The molecule has 0 fully saturated rings. The summed E-state index contributed by atoms with van der Waals surface area (Å²) in [5.74, 6) is 0.404. The fraction of sp³-hybridized carbons (Fsp3) is 0.136. The van der Waals surface area contributed by atoms with E-state index < -0.39 is 5.97 Å². The van der Waals surface area contributed by atoms with Gasteiger partial charge in [0.2, 0.25) is 0 Å². The van der Waals surface area contributed by atoms with Gasteiger partial charge in [-0.15, -0.1) is 11.3 Å². The normalized spacial score (nSPS) is 10.9. The van der Waals surface area contributed by atoms with Crippen LogP contribution in [0.4, 0.5) is 0 Å². The maximum atomic E-state index is 12.4. The summed E-state index contributed by atoms with van der Waals surface area (Å²) in [7, 11) is 0. The minimum absolute atomic E-state index is 0.129. The maximum absolute atomic E-state index is 12.4. The summed E-state index contributed by atoms with van der Waals surface area (Å²) in [5, 5.41) is 10.1. The third kappa shape index (κ3) is 4.72. The van der Waals surface area contributed by atoms with Gasteiger partial charge in [-0.3, -0.25) is 4.79 Å². The van der Waals surface area contributed by atoms with E-state index in [0.29, 0.717) is 22.9 Å². The Kier molecular flexibility index (Phi) is 6.15. The highest BCUT2D eigenvalue weighted by molar-refractivity contribution is 7.99. The lowest BCUT2D eigenvalue weighted by Gasteiger charge is -2.06. The lowest BCUT2D eigenvalue weighted by Crippen LogP contribution is -2.08. The molecule has 0 radical (unpaired) electrons. The number of aromatic amines is 1. The molecule has 2 aromatic heterocycles. The van der Waals surface area contributed by atoms with Crippen LogP contribution < -0.4 is 10.3 Å². The summed E-state index contributed by atoms with van der Waals surface area (Å²) in [5.41, 5.74) is 1.17. The van der Waals surface area contributed by atoms with Crippen LogP contribution in [0.3, 0.4) is 0 Å². The van der Waals surface area contributed by atoms with Crippen LogP contribution in [0.15, 0.2) is 70.6 Å². The average molecular weight is 439 g/mol. The van der Waals surface area contributed by atoms with Crippen molar-refractivity contribution >= 4 is 39.3 Å². The van der Waals surface area contributed by atoms with E-state index in [0.717, 1.165) is 27.4 Å². The van der Waals surface area contributed by atoms with Crippen LogP contribution in [0.25, 0.3) is 20.7 Å². The number of thiophene rings is 1. The van der Waals surface area contributed by atoms with E-state index in [4.69, 9.17) is 9.84 Å². The molecule has 8 heteroatoms. The molecule has 0 saturated carbocycles. The minimum Gasteiger partial charge on any atom is -0.494 e. The third-order valence-corrected chi connectivity index (χ3v) is 6.37. The highest BCUT2D eigenvalue weighted by atomic mass is 32.2. The Hall–Kier alpha value is -3.10. The molecule has 0 bridgehead atoms. The zero-order valence-electron chi connectivity index (χ0n) is 15.8. The molecule has 0 amide bonds. The Morgan fingerprint density at radius 1 is 1.13 bits per heavy atom. The van der Waals surface area contributed by atoms with Gasteiger partial charge < -0.3 is 14.8 Å². The van der Waals surface area contributed by atoms with Gasteiger partial charge in [0.25, 0.3) is 5.56 Å². The number of H-pyrrole nitrogens is 1. The number of aromatic nitrogens is 2. The lowest BCUT2D eigenvalue weighted by atomic mass is 10.2. The number of benzene rings is 2. The molecular formula is C22H18N2O4S2. The number of nitrogens with one attached hydrogen (secondary N) is 1. The Morgan fingerprint density at radius 2 is 1.90 bits per heavy atom. The van der Waals surface area contributed by atoms with Crippen LogP contribution in [0.2, 0.25) is 0 Å². The number of aromatic carboxylic acids is 1. The van der Waals surface area contributed by atoms with Crippen molar-refractivity contribution in [2.45, 2.75) is 11.6 Å². The number of carbonyl (C=O) groups is 1. The molecule has 0 aliphatic heterocycles. The summed E-state index contributed by atoms with van der Waals surface area (Å²) in [6.07, 6.45) is 0.757. The Morgan fingerprint density at radius 3 is 2.63 bits per heavy atom. The Labute approximate surface area is 180 Å². The molecule has 30 heavy (non-hydrogen) atoms. The molecule has 0 aliphatic rings. The second-order valence-corrected chi connectivity index (χ2v) is 8.56. The molecule has 4 aromatic rings. The topological polar surface area (TPSA) is 92.3 Å². The molecule has 0 atom stereocenters. The van der Waals surface area contributed by atoms with E-state index in [2.05, 4.69) is 9.97 Å². The van der Waals surface area contributed by atoms with E-state index >= 15 is 0 Å². The van der Waals surface area contributed by atoms with E-state index in [1.54, 1.807) is 12.1 Å². The Balaban J connectivity index is 1.34. The predicted octanol–water partition coefficient (Wildman–Crippen LogP) is 4.91. The monoisotopic (exact) mass is 438 g/mol. The number of rotatable bonds is 8. The summed E-state index contributed by atoms with van der Waals surface area (Å²) >= 11 is 2.99. The molecular weight excluding hydrogens is 420 g/mol. The quantitative estimate of drug-likeness (QED) is 0.231. The van der Waals surface area contributed by atoms with Crippen molar-refractivity contribution in [3.8, 4) is 16.2 Å². The summed E-state index contributed by atoms with van der Waals surface area (Å²) in [6.45, 7) is 0.489. The molecule has 2 N–H and O–H groups in total. The predicted molar refractivity (Wildman–Crippen MR) is 120 cm³/mol.